The summed E-state index contributed by atoms with van der Waals surface area (Å²) in [4.78, 5) is 12.2. The van der Waals surface area contributed by atoms with Crippen molar-refractivity contribution in [2.45, 2.75) is 71.8 Å². The molecule has 142 valence electrons. The highest BCUT2D eigenvalue weighted by Gasteiger charge is 2.25. The van der Waals surface area contributed by atoms with Crippen LogP contribution in [-0.2, 0) is 15.6 Å². The summed E-state index contributed by atoms with van der Waals surface area (Å²) in [6.45, 7) is 19.0. The molecule has 7 heteroatoms. The Morgan fingerprint density at radius 1 is 0.800 bits per heavy atom. The van der Waals surface area contributed by atoms with Crippen LogP contribution in [0.5, 0.6) is 11.5 Å². The average Bonchev–Trinajstić information content (AvgIpc) is 2.31. The first-order chi connectivity index (χ1) is 11.2. The fraction of sp³-hybridized carbons (Fsp3) is 0.611. The molecule has 4 nitrogen and oxygen atoms in total. The maximum Gasteiger partial charge on any atom is 0.292 e. The van der Waals surface area contributed by atoms with Crippen LogP contribution in [0, 0.1) is 0 Å². The zero-order valence-corrected chi connectivity index (χ0v) is 20.3. The summed E-state index contributed by atoms with van der Waals surface area (Å²) >= 11 is 0. The van der Waals surface area contributed by atoms with E-state index in [4.69, 9.17) is 13.3 Å². The van der Waals surface area contributed by atoms with Gasteiger partial charge in [0.2, 0.25) is 25.0 Å². The van der Waals surface area contributed by atoms with Crippen molar-refractivity contribution in [2.24, 2.45) is 0 Å². The van der Waals surface area contributed by atoms with Gasteiger partial charge in [-0.3, -0.25) is 4.79 Å². The molecular formula is C18H34O4Si3. The molecule has 0 bridgehead atoms. The molecule has 0 fully saturated rings. The second kappa shape index (κ2) is 8.09. The SMILES string of the molecule is C[Si](C)(C)OC(=O)CCc1c(O[Si](C)(C)C)cccc1O[Si](C)(C)C. The van der Waals surface area contributed by atoms with E-state index in [0.717, 1.165) is 17.1 Å². The predicted octanol–water partition coefficient (Wildman–Crippen LogP) is 5.42. The molecule has 0 aromatic heterocycles. The van der Waals surface area contributed by atoms with Crippen LogP contribution in [0.2, 0.25) is 58.9 Å². The molecule has 1 aromatic carbocycles. The summed E-state index contributed by atoms with van der Waals surface area (Å²) in [6.07, 6.45) is 0.919. The summed E-state index contributed by atoms with van der Waals surface area (Å²) in [5.41, 5.74) is 0.986. The van der Waals surface area contributed by atoms with Gasteiger partial charge in [0.05, 0.1) is 0 Å². The number of rotatable bonds is 8. The quantitative estimate of drug-likeness (QED) is 0.548. The van der Waals surface area contributed by atoms with E-state index in [1.54, 1.807) is 0 Å². The van der Waals surface area contributed by atoms with Gasteiger partial charge in [-0.25, -0.2) is 0 Å². The van der Waals surface area contributed by atoms with Gasteiger partial charge in [0, 0.05) is 12.0 Å². The summed E-state index contributed by atoms with van der Waals surface area (Å²) in [6, 6.07) is 5.93. The van der Waals surface area contributed by atoms with E-state index in [1.165, 1.54) is 0 Å². The van der Waals surface area contributed by atoms with E-state index in [-0.39, 0.29) is 5.97 Å². The number of hydrogen-bond donors (Lipinski definition) is 0. The van der Waals surface area contributed by atoms with E-state index in [0.29, 0.717) is 12.8 Å². The molecule has 0 amide bonds. The van der Waals surface area contributed by atoms with Gasteiger partial charge in [0.25, 0.3) is 5.97 Å². The van der Waals surface area contributed by atoms with Crippen LogP contribution in [-0.4, -0.2) is 30.9 Å². The molecule has 1 aromatic rings. The molecule has 0 saturated carbocycles. The van der Waals surface area contributed by atoms with Gasteiger partial charge in [-0.2, -0.15) is 0 Å². The van der Waals surface area contributed by atoms with Gasteiger partial charge in [-0.15, -0.1) is 0 Å². The summed E-state index contributed by atoms with van der Waals surface area (Å²) < 4.78 is 18.1. The molecule has 0 unspecified atom stereocenters. The van der Waals surface area contributed by atoms with Gasteiger partial charge in [0.15, 0.2) is 0 Å². The van der Waals surface area contributed by atoms with E-state index < -0.39 is 25.0 Å². The van der Waals surface area contributed by atoms with E-state index in [1.807, 2.05) is 37.8 Å². The smallest absolute Gasteiger partial charge is 0.292 e. The van der Waals surface area contributed by atoms with Crippen LogP contribution in [0.3, 0.4) is 0 Å². The van der Waals surface area contributed by atoms with Crippen molar-refractivity contribution >= 4 is 30.9 Å². The highest BCUT2D eigenvalue weighted by Crippen LogP contribution is 2.33. The van der Waals surface area contributed by atoms with Crippen molar-refractivity contribution in [1.29, 1.82) is 0 Å². The van der Waals surface area contributed by atoms with Crippen molar-refractivity contribution in [2.75, 3.05) is 0 Å². The van der Waals surface area contributed by atoms with Crippen LogP contribution >= 0.6 is 0 Å². The predicted molar refractivity (Wildman–Crippen MR) is 112 cm³/mol. The molecule has 0 atom stereocenters. The van der Waals surface area contributed by atoms with Crippen molar-refractivity contribution in [3.63, 3.8) is 0 Å². The van der Waals surface area contributed by atoms with Gasteiger partial charge in [0.1, 0.15) is 11.5 Å². The van der Waals surface area contributed by atoms with Crippen molar-refractivity contribution in [3.8, 4) is 11.5 Å². The standard InChI is InChI=1S/C18H34O4Si3/c1-23(2,3)20-16-11-10-12-17(21-24(4,5)6)15(16)13-14-18(19)22-25(7,8)9/h10-12H,13-14H2,1-9H3. The first-order valence-corrected chi connectivity index (χ1v) is 19.1. The van der Waals surface area contributed by atoms with E-state index in [2.05, 4.69) is 39.3 Å². The van der Waals surface area contributed by atoms with Crippen molar-refractivity contribution in [3.05, 3.63) is 23.8 Å². The topological polar surface area (TPSA) is 44.8 Å². The van der Waals surface area contributed by atoms with Crippen molar-refractivity contribution in [1.82, 2.24) is 0 Å². The van der Waals surface area contributed by atoms with E-state index >= 15 is 0 Å². The highest BCUT2D eigenvalue weighted by atomic mass is 28.4. The third-order valence-corrected chi connectivity index (χ3v) is 5.43. The molecule has 0 aliphatic heterocycles. The molecular weight excluding hydrogens is 364 g/mol. The highest BCUT2D eigenvalue weighted by molar-refractivity contribution is 6.71. The Balaban J connectivity index is 3.07. The molecule has 0 N–H and O–H groups in total. The number of benzene rings is 1. The van der Waals surface area contributed by atoms with Crippen LogP contribution in [0.4, 0.5) is 0 Å². The lowest BCUT2D eigenvalue weighted by molar-refractivity contribution is -0.135. The normalized spacial score (nSPS) is 12.7. The van der Waals surface area contributed by atoms with Gasteiger partial charge in [-0.1, -0.05) is 6.07 Å². The van der Waals surface area contributed by atoms with Gasteiger partial charge in [-0.05, 0) is 77.5 Å². The molecule has 0 spiro atoms. The molecule has 0 aliphatic carbocycles. The van der Waals surface area contributed by atoms with Gasteiger partial charge < -0.3 is 13.3 Å². The Labute approximate surface area is 156 Å². The average molecular weight is 399 g/mol. The minimum Gasteiger partial charge on any atom is -0.544 e. The lowest BCUT2D eigenvalue weighted by Crippen LogP contribution is -2.32. The van der Waals surface area contributed by atoms with Crippen LogP contribution in [0.25, 0.3) is 0 Å². The fourth-order valence-corrected chi connectivity index (χ4v) is 4.75. The molecule has 0 heterocycles. The largest absolute Gasteiger partial charge is 0.544 e. The number of carbonyl (C=O) groups is 1. The number of hydrogen-bond acceptors (Lipinski definition) is 4. The molecule has 25 heavy (non-hydrogen) atoms. The zero-order chi connectivity index (χ0) is 19.5. The first kappa shape index (κ1) is 22.0. The molecule has 0 radical (unpaired) electrons. The summed E-state index contributed by atoms with van der Waals surface area (Å²) in [7, 11) is -5.38. The van der Waals surface area contributed by atoms with Crippen molar-refractivity contribution < 1.29 is 18.1 Å². The lowest BCUT2D eigenvalue weighted by Gasteiger charge is -2.26. The number of carbonyl (C=O) groups excluding carboxylic acids is 1. The second-order valence-corrected chi connectivity index (χ2v) is 22.5. The Kier molecular flexibility index (Phi) is 7.12. The second-order valence-electron chi connectivity index (χ2n) is 9.25. The molecule has 1 rings (SSSR count). The maximum atomic E-state index is 12.2. The van der Waals surface area contributed by atoms with E-state index in [9.17, 15) is 4.79 Å². The summed E-state index contributed by atoms with van der Waals surface area (Å²) in [5, 5.41) is 0. The lowest BCUT2D eigenvalue weighted by atomic mass is 10.1. The third kappa shape index (κ3) is 9.27. The minimum absolute atomic E-state index is 0.138. The Morgan fingerprint density at radius 3 is 1.60 bits per heavy atom. The molecule has 0 aliphatic rings. The first-order valence-electron chi connectivity index (χ1n) is 8.88. The van der Waals surface area contributed by atoms with Crippen LogP contribution < -0.4 is 8.85 Å². The van der Waals surface area contributed by atoms with Gasteiger partial charge >= 0.3 is 0 Å². The monoisotopic (exact) mass is 398 g/mol. The Bertz CT molecular complexity index is 562. The Hall–Kier alpha value is -1.06. The minimum atomic E-state index is -1.86. The zero-order valence-electron chi connectivity index (χ0n) is 17.3. The van der Waals surface area contributed by atoms with Crippen LogP contribution in [0.1, 0.15) is 12.0 Å². The van der Waals surface area contributed by atoms with Crippen LogP contribution in [0.15, 0.2) is 18.2 Å². The molecule has 0 saturated heterocycles. The third-order valence-electron chi connectivity index (χ3n) is 2.92. The Morgan fingerprint density at radius 2 is 1.24 bits per heavy atom. The fourth-order valence-electron chi connectivity index (χ4n) is 2.26. The maximum absolute atomic E-state index is 12.2. The summed E-state index contributed by atoms with van der Waals surface area (Å²) in [5.74, 6) is 1.55.